The van der Waals surface area contributed by atoms with Crippen molar-refractivity contribution in [2.24, 2.45) is 16.1 Å². The lowest BCUT2D eigenvalue weighted by Crippen LogP contribution is -2.38. The van der Waals surface area contributed by atoms with Gasteiger partial charge in [-0.2, -0.15) is 0 Å². The zero-order valence-electron chi connectivity index (χ0n) is 9.05. The molecular formula is C9H21N3O. The smallest absolute Gasteiger partial charge is 0.188 e. The highest BCUT2D eigenvalue weighted by Crippen LogP contribution is 2.18. The molecular weight excluding hydrogens is 166 g/mol. The van der Waals surface area contributed by atoms with Crippen LogP contribution in [-0.4, -0.2) is 33.3 Å². The first-order chi connectivity index (χ1) is 6.02. The first kappa shape index (κ1) is 12.2. The van der Waals surface area contributed by atoms with E-state index in [0.29, 0.717) is 5.96 Å². The monoisotopic (exact) mass is 187 g/mol. The van der Waals surface area contributed by atoms with Crippen molar-refractivity contribution >= 4 is 5.96 Å². The Morgan fingerprint density at radius 1 is 1.54 bits per heavy atom. The predicted molar refractivity (Wildman–Crippen MR) is 55.8 cm³/mol. The Balaban J connectivity index is 3.74. The predicted octanol–water partition coefficient (Wildman–Crippen LogP) is 0.583. The van der Waals surface area contributed by atoms with Crippen LogP contribution in [0.3, 0.4) is 0 Å². The van der Waals surface area contributed by atoms with Gasteiger partial charge in [-0.05, 0) is 11.8 Å². The topological polar surface area (TPSA) is 59.6 Å². The average Bonchev–Trinajstić information content (AvgIpc) is 2.11. The molecule has 0 amide bonds. The van der Waals surface area contributed by atoms with E-state index in [2.05, 4.69) is 24.2 Å². The largest absolute Gasteiger partial charge is 0.385 e. The molecule has 0 unspecified atom stereocenters. The second-order valence-corrected chi connectivity index (χ2v) is 3.87. The molecule has 4 nitrogen and oxygen atoms in total. The molecule has 0 aromatic heterocycles. The van der Waals surface area contributed by atoms with Crippen LogP contribution in [0.1, 0.15) is 20.3 Å². The molecule has 78 valence electrons. The molecule has 0 atom stereocenters. The summed E-state index contributed by atoms with van der Waals surface area (Å²) >= 11 is 0. The van der Waals surface area contributed by atoms with Crippen LogP contribution in [0, 0.1) is 5.41 Å². The van der Waals surface area contributed by atoms with Crippen molar-refractivity contribution in [3.8, 4) is 0 Å². The summed E-state index contributed by atoms with van der Waals surface area (Å²) < 4.78 is 5.02. The normalized spacial score (nSPS) is 13.1. The summed E-state index contributed by atoms with van der Waals surface area (Å²) in [7, 11) is 3.38. The van der Waals surface area contributed by atoms with Gasteiger partial charge < -0.3 is 15.8 Å². The maximum Gasteiger partial charge on any atom is 0.188 e. The molecule has 13 heavy (non-hydrogen) atoms. The van der Waals surface area contributed by atoms with Crippen molar-refractivity contribution in [1.82, 2.24) is 5.32 Å². The van der Waals surface area contributed by atoms with Gasteiger partial charge in [0.05, 0.1) is 0 Å². The maximum atomic E-state index is 5.52. The van der Waals surface area contributed by atoms with Gasteiger partial charge in [-0.25, -0.2) is 0 Å². The van der Waals surface area contributed by atoms with Crippen molar-refractivity contribution in [3.63, 3.8) is 0 Å². The molecule has 0 fully saturated rings. The van der Waals surface area contributed by atoms with Gasteiger partial charge in [0.1, 0.15) is 0 Å². The quantitative estimate of drug-likeness (QED) is 0.489. The van der Waals surface area contributed by atoms with Crippen molar-refractivity contribution in [3.05, 3.63) is 0 Å². The van der Waals surface area contributed by atoms with Crippen LogP contribution in [-0.2, 0) is 4.74 Å². The lowest BCUT2D eigenvalue weighted by atomic mass is 9.90. The number of methoxy groups -OCH3 is 1. The van der Waals surface area contributed by atoms with Crippen molar-refractivity contribution in [1.29, 1.82) is 0 Å². The highest BCUT2D eigenvalue weighted by atomic mass is 16.5. The third kappa shape index (κ3) is 6.40. The summed E-state index contributed by atoms with van der Waals surface area (Å²) in [6, 6.07) is 0. The van der Waals surface area contributed by atoms with Gasteiger partial charge in [0, 0.05) is 27.3 Å². The molecule has 0 bridgehead atoms. The summed E-state index contributed by atoms with van der Waals surface area (Å²) in [5, 5.41) is 3.05. The second kappa shape index (κ2) is 5.80. The summed E-state index contributed by atoms with van der Waals surface area (Å²) in [4.78, 5) is 3.82. The zero-order chi connectivity index (χ0) is 10.3. The lowest BCUT2D eigenvalue weighted by Gasteiger charge is -2.24. The third-order valence-corrected chi connectivity index (χ3v) is 1.97. The van der Waals surface area contributed by atoms with Crippen LogP contribution >= 0.6 is 0 Å². The van der Waals surface area contributed by atoms with Crippen LogP contribution in [0.5, 0.6) is 0 Å². The minimum absolute atomic E-state index is 0.186. The van der Waals surface area contributed by atoms with E-state index >= 15 is 0 Å². The van der Waals surface area contributed by atoms with Gasteiger partial charge in [0.15, 0.2) is 5.96 Å². The maximum absolute atomic E-state index is 5.52. The van der Waals surface area contributed by atoms with E-state index in [1.807, 2.05) is 0 Å². The molecule has 0 aliphatic heterocycles. The number of hydrogen-bond acceptors (Lipinski definition) is 2. The number of nitrogens with zero attached hydrogens (tertiary/aromatic N) is 1. The van der Waals surface area contributed by atoms with Gasteiger partial charge in [0.2, 0.25) is 0 Å². The number of nitrogens with two attached hydrogens (primary N) is 1. The van der Waals surface area contributed by atoms with Crippen LogP contribution in [0.15, 0.2) is 4.99 Å². The van der Waals surface area contributed by atoms with Crippen LogP contribution in [0.2, 0.25) is 0 Å². The molecule has 0 aliphatic rings. The number of rotatable bonds is 5. The molecule has 0 aromatic rings. The molecule has 4 heteroatoms. The number of aliphatic imine (C=N–C) groups is 1. The van der Waals surface area contributed by atoms with Crippen LogP contribution < -0.4 is 11.1 Å². The molecule has 3 N–H and O–H groups in total. The summed E-state index contributed by atoms with van der Waals surface area (Å²) in [6.45, 7) is 5.93. The Labute approximate surface area is 80.6 Å². The van der Waals surface area contributed by atoms with Crippen molar-refractivity contribution < 1.29 is 4.74 Å². The van der Waals surface area contributed by atoms with Gasteiger partial charge in [-0.1, -0.05) is 13.8 Å². The fourth-order valence-corrected chi connectivity index (χ4v) is 0.876. The Kier molecular flexibility index (Phi) is 5.46. The first-order valence-electron chi connectivity index (χ1n) is 4.47. The third-order valence-electron chi connectivity index (χ3n) is 1.97. The van der Waals surface area contributed by atoms with Crippen LogP contribution in [0.25, 0.3) is 0 Å². The van der Waals surface area contributed by atoms with E-state index in [1.165, 1.54) is 0 Å². The number of ether oxygens (including phenoxy) is 1. The molecule has 0 saturated carbocycles. The van der Waals surface area contributed by atoms with Crippen molar-refractivity contribution in [2.45, 2.75) is 20.3 Å². The summed E-state index contributed by atoms with van der Waals surface area (Å²) in [5.74, 6) is 0.491. The summed E-state index contributed by atoms with van der Waals surface area (Å²) in [5.41, 5.74) is 5.70. The van der Waals surface area contributed by atoms with E-state index < -0.39 is 0 Å². The summed E-state index contributed by atoms with van der Waals surface area (Å²) in [6.07, 6.45) is 1.01. The zero-order valence-corrected chi connectivity index (χ0v) is 9.05. The first-order valence-corrected chi connectivity index (χ1v) is 4.47. The highest BCUT2D eigenvalue weighted by Gasteiger charge is 2.17. The fourth-order valence-electron chi connectivity index (χ4n) is 0.876. The standard InChI is InChI=1S/C9H21N3O/c1-9(2,5-6-13-4)7-12-8(10)11-3/h5-7H2,1-4H3,(H3,10,11,12). The highest BCUT2D eigenvalue weighted by molar-refractivity contribution is 5.77. The molecule has 0 aliphatic carbocycles. The number of hydrogen-bond donors (Lipinski definition) is 2. The average molecular weight is 187 g/mol. The Hall–Kier alpha value is -0.770. The molecule has 0 saturated heterocycles. The van der Waals surface area contributed by atoms with Gasteiger partial charge in [-0.3, -0.25) is 4.99 Å². The molecule has 0 radical (unpaired) electrons. The number of nitrogens with one attached hydrogen (secondary N) is 1. The Morgan fingerprint density at radius 2 is 2.15 bits per heavy atom. The minimum atomic E-state index is 0.186. The van der Waals surface area contributed by atoms with E-state index in [-0.39, 0.29) is 5.41 Å². The molecule has 0 aromatic carbocycles. The molecule has 0 spiro atoms. The molecule has 0 rings (SSSR count). The number of guanidine groups is 1. The SMILES string of the molecule is CN=C(N)NCC(C)(C)CCOC. The Bertz CT molecular complexity index is 166. The van der Waals surface area contributed by atoms with E-state index in [4.69, 9.17) is 10.5 Å². The van der Waals surface area contributed by atoms with Gasteiger partial charge in [0.25, 0.3) is 0 Å². The van der Waals surface area contributed by atoms with Gasteiger partial charge in [-0.15, -0.1) is 0 Å². The van der Waals surface area contributed by atoms with Gasteiger partial charge >= 0.3 is 0 Å². The fraction of sp³-hybridized carbons (Fsp3) is 0.889. The Morgan fingerprint density at radius 3 is 2.62 bits per heavy atom. The van der Waals surface area contributed by atoms with Crippen molar-refractivity contribution in [2.75, 3.05) is 27.3 Å². The van der Waals surface area contributed by atoms with E-state index in [9.17, 15) is 0 Å². The van der Waals surface area contributed by atoms with E-state index in [1.54, 1.807) is 14.2 Å². The second-order valence-electron chi connectivity index (χ2n) is 3.87. The van der Waals surface area contributed by atoms with E-state index in [0.717, 1.165) is 19.6 Å². The lowest BCUT2D eigenvalue weighted by molar-refractivity contribution is 0.153. The minimum Gasteiger partial charge on any atom is -0.385 e. The molecule has 0 heterocycles. The van der Waals surface area contributed by atoms with Crippen LogP contribution in [0.4, 0.5) is 0 Å².